The zero-order valence-electron chi connectivity index (χ0n) is 12.5. The Morgan fingerprint density at radius 3 is 2.45 bits per heavy atom. The molecule has 114 valence electrons. The summed E-state index contributed by atoms with van der Waals surface area (Å²) >= 11 is 0. The average molecular weight is 390 g/mol. The molecular weight excluding hydrogens is 363 g/mol. The van der Waals surface area contributed by atoms with Crippen LogP contribution in [0.25, 0.3) is 0 Å². The maximum absolute atomic E-state index is 4.46. The monoisotopic (exact) mass is 390 g/mol. The van der Waals surface area contributed by atoms with Gasteiger partial charge in [0.2, 0.25) is 0 Å². The molecule has 0 atom stereocenters. The van der Waals surface area contributed by atoms with Gasteiger partial charge in [0.1, 0.15) is 0 Å². The number of para-hydroxylation sites is 1. The molecule has 0 saturated carbocycles. The van der Waals surface area contributed by atoms with Gasteiger partial charge < -0.3 is 16.0 Å². The first-order chi connectivity index (χ1) is 9.36. The molecule has 20 heavy (non-hydrogen) atoms. The van der Waals surface area contributed by atoms with Gasteiger partial charge in [0, 0.05) is 31.9 Å². The Morgan fingerprint density at radius 2 is 1.80 bits per heavy atom. The number of nitrogens with one attached hydrogen (secondary N) is 3. The fourth-order valence-corrected chi connectivity index (χ4v) is 1.65. The third-order valence-electron chi connectivity index (χ3n) is 2.59. The van der Waals surface area contributed by atoms with Crippen molar-refractivity contribution in [2.45, 2.75) is 26.7 Å². The minimum Gasteiger partial charge on any atom is -0.385 e. The lowest BCUT2D eigenvalue weighted by Gasteiger charge is -2.11. The van der Waals surface area contributed by atoms with E-state index in [-0.39, 0.29) is 24.0 Å². The van der Waals surface area contributed by atoms with Crippen LogP contribution in [0.5, 0.6) is 0 Å². The van der Waals surface area contributed by atoms with Crippen LogP contribution in [0.15, 0.2) is 35.3 Å². The van der Waals surface area contributed by atoms with E-state index >= 15 is 0 Å². The van der Waals surface area contributed by atoms with Crippen LogP contribution in [0.3, 0.4) is 0 Å². The molecule has 0 aliphatic heterocycles. The molecule has 3 N–H and O–H groups in total. The van der Waals surface area contributed by atoms with E-state index in [1.165, 1.54) is 5.69 Å². The number of benzene rings is 1. The molecule has 0 amide bonds. The number of hydrogen-bond donors (Lipinski definition) is 3. The molecule has 0 unspecified atom stereocenters. The summed E-state index contributed by atoms with van der Waals surface area (Å²) in [6.45, 7) is 7.88. The van der Waals surface area contributed by atoms with Crippen molar-refractivity contribution in [3.05, 3.63) is 30.3 Å². The second-order valence-electron chi connectivity index (χ2n) is 4.33. The van der Waals surface area contributed by atoms with E-state index in [2.05, 4.69) is 46.9 Å². The fourth-order valence-electron chi connectivity index (χ4n) is 1.65. The van der Waals surface area contributed by atoms with E-state index in [9.17, 15) is 0 Å². The van der Waals surface area contributed by atoms with Gasteiger partial charge in [-0.2, -0.15) is 0 Å². The van der Waals surface area contributed by atoms with Crippen molar-refractivity contribution in [1.29, 1.82) is 0 Å². The zero-order valence-corrected chi connectivity index (χ0v) is 14.8. The maximum Gasteiger partial charge on any atom is 0.191 e. The Balaban J connectivity index is 0.00000361. The molecule has 0 aliphatic rings. The number of rotatable bonds is 8. The van der Waals surface area contributed by atoms with Gasteiger partial charge >= 0.3 is 0 Å². The summed E-state index contributed by atoms with van der Waals surface area (Å²) in [5.74, 6) is 0.920. The molecule has 0 aromatic heterocycles. The molecule has 0 bridgehead atoms. The van der Waals surface area contributed by atoms with Crippen LogP contribution in [-0.4, -0.2) is 32.1 Å². The van der Waals surface area contributed by atoms with Gasteiger partial charge in [-0.05, 0) is 31.9 Å². The lowest BCUT2D eigenvalue weighted by atomic mass is 10.3. The van der Waals surface area contributed by atoms with Gasteiger partial charge in [-0.1, -0.05) is 25.1 Å². The third kappa shape index (κ3) is 9.01. The fraction of sp³-hybridized carbons (Fsp3) is 0.533. The first-order valence-electron chi connectivity index (χ1n) is 7.18. The van der Waals surface area contributed by atoms with Gasteiger partial charge in [-0.15, -0.1) is 24.0 Å². The first-order valence-corrected chi connectivity index (χ1v) is 7.18. The van der Waals surface area contributed by atoms with Gasteiger partial charge in [0.25, 0.3) is 0 Å². The molecular formula is C15H27IN4. The summed E-state index contributed by atoms with van der Waals surface area (Å²) in [5.41, 5.74) is 1.18. The minimum absolute atomic E-state index is 0. The molecule has 4 nitrogen and oxygen atoms in total. The van der Waals surface area contributed by atoms with Crippen molar-refractivity contribution >= 4 is 35.6 Å². The SMILES string of the molecule is CCCN=C(NCC)NCCCNc1ccccc1.I. The quantitative estimate of drug-likeness (QED) is 0.277. The van der Waals surface area contributed by atoms with Crippen LogP contribution in [0.4, 0.5) is 5.69 Å². The molecule has 0 fully saturated rings. The summed E-state index contributed by atoms with van der Waals surface area (Å²) in [5, 5.41) is 9.98. The Labute approximate surface area is 139 Å². The number of halogens is 1. The van der Waals surface area contributed by atoms with Gasteiger partial charge in [-0.3, -0.25) is 4.99 Å². The van der Waals surface area contributed by atoms with Crippen LogP contribution in [-0.2, 0) is 0 Å². The van der Waals surface area contributed by atoms with Crippen LogP contribution in [0.1, 0.15) is 26.7 Å². The smallest absolute Gasteiger partial charge is 0.191 e. The Kier molecular flexibility index (Phi) is 12.4. The summed E-state index contributed by atoms with van der Waals surface area (Å²) in [6, 6.07) is 10.3. The molecule has 1 aromatic carbocycles. The van der Waals surface area contributed by atoms with E-state index in [1.54, 1.807) is 0 Å². The molecule has 5 heteroatoms. The molecule has 0 radical (unpaired) electrons. The van der Waals surface area contributed by atoms with E-state index in [0.29, 0.717) is 0 Å². The van der Waals surface area contributed by atoms with Crippen LogP contribution in [0.2, 0.25) is 0 Å². The molecule has 0 spiro atoms. The first kappa shape index (κ1) is 19.0. The number of hydrogen-bond acceptors (Lipinski definition) is 2. The van der Waals surface area contributed by atoms with Gasteiger partial charge in [0.05, 0.1) is 0 Å². The van der Waals surface area contributed by atoms with Crippen molar-refractivity contribution in [2.24, 2.45) is 4.99 Å². The summed E-state index contributed by atoms with van der Waals surface area (Å²) in [7, 11) is 0. The van der Waals surface area contributed by atoms with Gasteiger partial charge in [-0.25, -0.2) is 0 Å². The topological polar surface area (TPSA) is 48.5 Å². The molecule has 1 aromatic rings. The van der Waals surface area contributed by atoms with Crippen LogP contribution >= 0.6 is 24.0 Å². The Morgan fingerprint density at radius 1 is 1.05 bits per heavy atom. The van der Waals surface area contributed by atoms with Crippen molar-refractivity contribution in [3.63, 3.8) is 0 Å². The minimum atomic E-state index is 0. The highest BCUT2D eigenvalue weighted by Crippen LogP contribution is 2.03. The molecule has 0 saturated heterocycles. The Bertz CT molecular complexity index is 354. The van der Waals surface area contributed by atoms with Crippen LogP contribution < -0.4 is 16.0 Å². The highest BCUT2D eigenvalue weighted by molar-refractivity contribution is 14.0. The predicted octanol–water partition coefficient (Wildman–Crippen LogP) is 3.07. The molecule has 0 heterocycles. The Hall–Kier alpha value is -0.980. The highest BCUT2D eigenvalue weighted by atomic mass is 127. The second kappa shape index (κ2) is 13.0. The van der Waals surface area contributed by atoms with E-state index in [4.69, 9.17) is 0 Å². The number of guanidine groups is 1. The molecule has 0 aliphatic carbocycles. The lowest BCUT2D eigenvalue weighted by molar-refractivity contribution is 0.762. The normalized spacial score (nSPS) is 10.6. The van der Waals surface area contributed by atoms with Crippen molar-refractivity contribution < 1.29 is 0 Å². The summed E-state index contributed by atoms with van der Waals surface area (Å²) in [6.07, 6.45) is 2.14. The highest BCUT2D eigenvalue weighted by Gasteiger charge is 1.95. The second-order valence-corrected chi connectivity index (χ2v) is 4.33. The third-order valence-corrected chi connectivity index (χ3v) is 2.59. The largest absolute Gasteiger partial charge is 0.385 e. The lowest BCUT2D eigenvalue weighted by Crippen LogP contribution is -2.38. The van der Waals surface area contributed by atoms with E-state index in [1.807, 2.05) is 18.2 Å². The standard InChI is InChI=1S/C15H26N4.HI/c1-3-11-18-15(16-4-2)19-13-8-12-17-14-9-6-5-7-10-14;/h5-7,9-10,17H,3-4,8,11-13H2,1-2H3,(H2,16,18,19);1H. The summed E-state index contributed by atoms with van der Waals surface area (Å²) in [4.78, 5) is 4.46. The number of aliphatic imine (C=N–C) groups is 1. The van der Waals surface area contributed by atoms with Crippen LogP contribution in [0, 0.1) is 0 Å². The zero-order chi connectivity index (χ0) is 13.8. The molecule has 1 rings (SSSR count). The van der Waals surface area contributed by atoms with Crippen molar-refractivity contribution in [1.82, 2.24) is 10.6 Å². The van der Waals surface area contributed by atoms with Crippen molar-refractivity contribution in [3.8, 4) is 0 Å². The maximum atomic E-state index is 4.46. The van der Waals surface area contributed by atoms with Gasteiger partial charge in [0.15, 0.2) is 5.96 Å². The van der Waals surface area contributed by atoms with Crippen molar-refractivity contribution in [2.75, 3.05) is 31.5 Å². The average Bonchev–Trinajstić information content (AvgIpc) is 2.45. The predicted molar refractivity (Wildman–Crippen MR) is 99.2 cm³/mol. The number of anilines is 1. The summed E-state index contributed by atoms with van der Waals surface area (Å²) < 4.78 is 0. The van der Waals surface area contributed by atoms with E-state index in [0.717, 1.165) is 45.0 Å². The van der Waals surface area contributed by atoms with E-state index < -0.39 is 0 Å². The number of nitrogens with zero attached hydrogens (tertiary/aromatic N) is 1.